The summed E-state index contributed by atoms with van der Waals surface area (Å²) in [6.45, 7) is -0.178. The molecule has 0 aliphatic carbocycles. The Morgan fingerprint density at radius 2 is 1.64 bits per heavy atom. The van der Waals surface area contributed by atoms with Crippen LogP contribution < -0.4 is 19.5 Å². The van der Waals surface area contributed by atoms with Crippen molar-refractivity contribution in [1.82, 2.24) is 19.6 Å². The normalized spacial score (nSPS) is 12.1. The van der Waals surface area contributed by atoms with Crippen molar-refractivity contribution in [2.24, 2.45) is 0 Å². The minimum Gasteiger partial charge on any atom is -0.497 e. The fourth-order valence-electron chi connectivity index (χ4n) is 4.32. The molecule has 1 N–H and O–H groups in total. The third-order valence-electron chi connectivity index (χ3n) is 6.55. The minimum atomic E-state index is -4.61. The molecule has 232 valence electrons. The van der Waals surface area contributed by atoms with E-state index in [0.29, 0.717) is 34.5 Å². The first-order chi connectivity index (χ1) is 20.9. The number of ether oxygens (including phenoxy) is 3. The van der Waals surface area contributed by atoms with Crippen LogP contribution in [0.25, 0.3) is 16.6 Å². The summed E-state index contributed by atoms with van der Waals surface area (Å²) in [4.78, 5) is 8.61. The lowest BCUT2D eigenvalue weighted by Gasteiger charge is -2.13. The highest BCUT2D eigenvalue weighted by Crippen LogP contribution is 2.31. The summed E-state index contributed by atoms with van der Waals surface area (Å²) >= 11 is 0. The number of methoxy groups -OCH3 is 3. The van der Waals surface area contributed by atoms with E-state index < -0.39 is 39.2 Å². The molecule has 5 rings (SSSR count). The van der Waals surface area contributed by atoms with Crippen LogP contribution in [0.4, 0.5) is 23.5 Å². The minimum absolute atomic E-state index is 0.0289. The molecule has 0 fully saturated rings. The largest absolute Gasteiger partial charge is 0.497 e. The van der Waals surface area contributed by atoms with E-state index in [0.717, 1.165) is 17.7 Å². The van der Waals surface area contributed by atoms with Gasteiger partial charge in [0.2, 0.25) is 5.95 Å². The van der Waals surface area contributed by atoms with Crippen LogP contribution in [-0.4, -0.2) is 55.9 Å². The summed E-state index contributed by atoms with van der Waals surface area (Å²) in [5.74, 6) is 0.860. The van der Waals surface area contributed by atoms with Crippen LogP contribution in [0.5, 0.6) is 17.2 Å². The van der Waals surface area contributed by atoms with Crippen molar-refractivity contribution in [1.29, 1.82) is 0 Å². The first-order valence-electron chi connectivity index (χ1n) is 12.9. The molecule has 0 atom stereocenters. The first kappa shape index (κ1) is 30.7. The zero-order chi connectivity index (χ0) is 31.6. The molecule has 44 heavy (non-hydrogen) atoms. The van der Waals surface area contributed by atoms with Crippen LogP contribution in [0.1, 0.15) is 17.0 Å². The Morgan fingerprint density at radius 1 is 0.909 bits per heavy atom. The predicted molar refractivity (Wildman–Crippen MR) is 150 cm³/mol. The maximum atomic E-state index is 14.7. The Labute approximate surface area is 248 Å². The first-order valence-corrected chi connectivity index (χ1v) is 14.3. The van der Waals surface area contributed by atoms with E-state index in [1.54, 1.807) is 12.1 Å². The van der Waals surface area contributed by atoms with Gasteiger partial charge >= 0.3 is 6.18 Å². The number of halogens is 4. The van der Waals surface area contributed by atoms with Crippen LogP contribution in [0.3, 0.4) is 0 Å². The molecule has 0 unspecified atom stereocenters. The number of rotatable bonds is 11. The standard InChI is InChI=1S/C28H25F4N5O6S/c1-40-18-7-4-16(23(12-18)41-2)15-33-27-34-22-14-24(42-3)21(29)13-20(22)26-35-25(36-37(26)27)10-11-43-44(38,39)19-8-5-17(6-9-19)28(30,31)32/h4-9,12-14H,10-11,15H2,1-3H3,(H,33,34). The van der Waals surface area contributed by atoms with Crippen molar-refractivity contribution in [3.05, 3.63) is 77.4 Å². The highest BCUT2D eigenvalue weighted by atomic mass is 32.2. The molecule has 11 nitrogen and oxygen atoms in total. The van der Waals surface area contributed by atoms with Gasteiger partial charge in [-0.2, -0.15) is 26.1 Å². The number of hydrogen-bond donors (Lipinski definition) is 1. The topological polar surface area (TPSA) is 126 Å². The smallest absolute Gasteiger partial charge is 0.416 e. The summed E-state index contributed by atoms with van der Waals surface area (Å²) in [5.41, 5.74) is 0.346. The molecular formula is C28H25F4N5O6S. The van der Waals surface area contributed by atoms with E-state index in [4.69, 9.17) is 18.4 Å². The van der Waals surface area contributed by atoms with Crippen LogP contribution >= 0.6 is 0 Å². The van der Waals surface area contributed by atoms with Crippen molar-refractivity contribution in [2.45, 2.75) is 24.0 Å². The van der Waals surface area contributed by atoms with Crippen LogP contribution in [0, 0.1) is 5.82 Å². The van der Waals surface area contributed by atoms with Gasteiger partial charge in [-0.15, -0.1) is 5.10 Å². The molecule has 0 saturated heterocycles. The van der Waals surface area contributed by atoms with Gasteiger partial charge in [-0.3, -0.25) is 4.18 Å². The Hall–Kier alpha value is -4.70. The lowest BCUT2D eigenvalue weighted by Crippen LogP contribution is -2.11. The molecule has 0 radical (unpaired) electrons. The van der Waals surface area contributed by atoms with Gasteiger partial charge in [-0.1, -0.05) is 0 Å². The molecule has 0 spiro atoms. The van der Waals surface area contributed by atoms with E-state index in [1.165, 1.54) is 38.0 Å². The second-order valence-electron chi connectivity index (χ2n) is 9.28. The van der Waals surface area contributed by atoms with Gasteiger partial charge in [-0.05, 0) is 42.5 Å². The second kappa shape index (κ2) is 12.1. The Balaban J connectivity index is 1.42. The Bertz CT molecular complexity index is 1930. The Morgan fingerprint density at radius 3 is 2.30 bits per heavy atom. The average molecular weight is 636 g/mol. The zero-order valence-corrected chi connectivity index (χ0v) is 24.3. The van der Waals surface area contributed by atoms with Gasteiger partial charge in [0.05, 0.1) is 43.9 Å². The van der Waals surface area contributed by atoms with Gasteiger partial charge in [0.1, 0.15) is 11.5 Å². The molecular weight excluding hydrogens is 610 g/mol. The fourth-order valence-corrected chi connectivity index (χ4v) is 5.23. The zero-order valence-electron chi connectivity index (χ0n) is 23.5. The van der Waals surface area contributed by atoms with Crippen molar-refractivity contribution in [3.8, 4) is 17.2 Å². The third kappa shape index (κ3) is 6.30. The van der Waals surface area contributed by atoms with Crippen molar-refractivity contribution in [3.63, 3.8) is 0 Å². The molecule has 0 saturated carbocycles. The number of nitrogens with zero attached hydrogens (tertiary/aromatic N) is 4. The van der Waals surface area contributed by atoms with E-state index >= 15 is 0 Å². The van der Waals surface area contributed by atoms with Gasteiger partial charge in [0.25, 0.3) is 10.1 Å². The maximum absolute atomic E-state index is 14.7. The highest BCUT2D eigenvalue weighted by molar-refractivity contribution is 7.86. The molecule has 0 amide bonds. The van der Waals surface area contributed by atoms with Gasteiger partial charge < -0.3 is 19.5 Å². The monoisotopic (exact) mass is 635 g/mol. The number of aromatic nitrogens is 4. The van der Waals surface area contributed by atoms with Crippen LogP contribution in [0.15, 0.2) is 59.5 Å². The lowest BCUT2D eigenvalue weighted by molar-refractivity contribution is -0.137. The number of alkyl halides is 3. The van der Waals surface area contributed by atoms with E-state index in [9.17, 15) is 26.0 Å². The van der Waals surface area contributed by atoms with E-state index in [2.05, 4.69) is 20.4 Å². The van der Waals surface area contributed by atoms with Gasteiger partial charge in [0, 0.05) is 36.0 Å². The summed E-state index contributed by atoms with van der Waals surface area (Å²) < 4.78 is 100. The second-order valence-corrected chi connectivity index (χ2v) is 10.9. The van der Waals surface area contributed by atoms with Crippen molar-refractivity contribution in [2.75, 3.05) is 33.3 Å². The van der Waals surface area contributed by atoms with Crippen molar-refractivity contribution < 1.29 is 44.4 Å². The number of nitrogens with one attached hydrogen (secondary N) is 1. The Kier molecular flexibility index (Phi) is 8.47. The number of benzene rings is 3. The van der Waals surface area contributed by atoms with E-state index in [-0.39, 0.29) is 36.1 Å². The molecule has 2 aromatic heterocycles. The molecule has 2 heterocycles. The molecule has 0 aliphatic rings. The molecule has 0 aliphatic heterocycles. The summed E-state index contributed by atoms with van der Waals surface area (Å²) in [6, 6.07) is 10.9. The molecule has 5 aromatic rings. The van der Waals surface area contributed by atoms with Crippen molar-refractivity contribution >= 4 is 32.6 Å². The summed E-state index contributed by atoms with van der Waals surface area (Å²) in [5, 5.41) is 7.91. The van der Waals surface area contributed by atoms with Crippen LogP contribution in [0.2, 0.25) is 0 Å². The highest BCUT2D eigenvalue weighted by Gasteiger charge is 2.31. The van der Waals surface area contributed by atoms with Crippen LogP contribution in [-0.2, 0) is 33.4 Å². The average Bonchev–Trinajstić information content (AvgIpc) is 3.43. The SMILES string of the molecule is COc1ccc(CNc2nc3cc(OC)c(F)cc3c3nc(CCOS(=O)(=O)c4ccc(C(F)(F)F)cc4)nn23)c(OC)c1. The van der Waals surface area contributed by atoms with Gasteiger partial charge in [-0.25, -0.2) is 14.4 Å². The van der Waals surface area contributed by atoms with E-state index in [1.807, 2.05) is 6.07 Å². The fraction of sp³-hybridized carbons (Fsp3) is 0.250. The number of fused-ring (bicyclic) bond motifs is 3. The quantitative estimate of drug-likeness (QED) is 0.156. The number of hydrogen-bond acceptors (Lipinski definition) is 10. The number of anilines is 1. The maximum Gasteiger partial charge on any atom is 0.416 e. The lowest BCUT2D eigenvalue weighted by atomic mass is 10.2. The third-order valence-corrected chi connectivity index (χ3v) is 7.88. The summed E-state index contributed by atoms with van der Waals surface area (Å²) in [6.07, 6.45) is -4.72. The molecule has 0 bridgehead atoms. The van der Waals surface area contributed by atoms with Gasteiger partial charge in [0.15, 0.2) is 23.0 Å². The molecule has 3 aromatic carbocycles. The predicted octanol–water partition coefficient (Wildman–Crippen LogP) is 5.02. The molecule has 16 heteroatoms. The summed E-state index contributed by atoms with van der Waals surface area (Å²) in [7, 11) is 0.0183.